The lowest BCUT2D eigenvalue weighted by Gasteiger charge is -2.46. The van der Waals surface area contributed by atoms with Gasteiger partial charge >= 0.3 is 0 Å². The number of likely N-dealkylation sites (N-methyl/N-ethyl adjacent to an activating group) is 1. The van der Waals surface area contributed by atoms with Gasteiger partial charge in [-0.2, -0.15) is 0 Å². The van der Waals surface area contributed by atoms with E-state index in [2.05, 4.69) is 5.32 Å². The van der Waals surface area contributed by atoms with Crippen LogP contribution in [-0.4, -0.2) is 77.3 Å². The number of aliphatic hydroxyl groups is 3. The summed E-state index contributed by atoms with van der Waals surface area (Å²) in [7, 11) is 1.64. The van der Waals surface area contributed by atoms with Crippen molar-refractivity contribution in [2.45, 2.75) is 68.1 Å². The monoisotopic (exact) mass is 305 g/mol. The van der Waals surface area contributed by atoms with Gasteiger partial charge in [-0.15, -0.1) is 0 Å². The molecule has 0 aromatic rings. The van der Waals surface area contributed by atoms with Crippen molar-refractivity contribution in [3.63, 3.8) is 0 Å². The van der Waals surface area contributed by atoms with Crippen LogP contribution in [0.5, 0.6) is 0 Å². The largest absolute Gasteiger partial charge is 0.390 e. The molecule has 8 nitrogen and oxygen atoms in total. The SMILES string of the molecule is CNC1[C@@H](O)[C@@H](O[C@H]2C(N)C[C@H](N)C[C@@H]2O)OC[C@]1(C)O. The minimum Gasteiger partial charge on any atom is -0.390 e. The van der Waals surface area contributed by atoms with E-state index >= 15 is 0 Å². The van der Waals surface area contributed by atoms with Gasteiger partial charge < -0.3 is 41.6 Å². The first-order chi connectivity index (χ1) is 9.76. The first-order valence-electron chi connectivity index (χ1n) is 7.30. The number of rotatable bonds is 3. The van der Waals surface area contributed by atoms with Gasteiger partial charge in [-0.05, 0) is 26.8 Å². The van der Waals surface area contributed by atoms with Crippen molar-refractivity contribution in [1.29, 1.82) is 0 Å². The molecule has 1 aliphatic heterocycles. The van der Waals surface area contributed by atoms with Crippen LogP contribution < -0.4 is 16.8 Å². The summed E-state index contributed by atoms with van der Waals surface area (Å²) in [5.41, 5.74) is 10.6. The molecule has 2 fully saturated rings. The number of hydrogen-bond donors (Lipinski definition) is 6. The van der Waals surface area contributed by atoms with Crippen LogP contribution in [-0.2, 0) is 9.47 Å². The molecule has 0 radical (unpaired) electrons. The fourth-order valence-electron chi connectivity index (χ4n) is 3.22. The highest BCUT2D eigenvalue weighted by molar-refractivity contribution is 4.98. The summed E-state index contributed by atoms with van der Waals surface area (Å²) in [5, 5.41) is 33.4. The van der Waals surface area contributed by atoms with Crippen LogP contribution in [0.2, 0.25) is 0 Å². The zero-order chi connectivity index (χ0) is 15.8. The Labute approximate surface area is 124 Å². The molecule has 1 heterocycles. The number of nitrogens with two attached hydrogens (primary N) is 2. The number of aliphatic hydroxyl groups excluding tert-OH is 2. The second-order valence-electron chi connectivity index (χ2n) is 6.36. The van der Waals surface area contributed by atoms with Crippen molar-refractivity contribution in [1.82, 2.24) is 5.32 Å². The highest BCUT2D eigenvalue weighted by Crippen LogP contribution is 2.28. The Balaban J connectivity index is 2.02. The molecule has 1 saturated heterocycles. The third-order valence-corrected chi connectivity index (χ3v) is 4.35. The van der Waals surface area contributed by atoms with Gasteiger partial charge in [-0.1, -0.05) is 0 Å². The van der Waals surface area contributed by atoms with Crippen LogP contribution in [0.15, 0.2) is 0 Å². The maximum atomic E-state index is 10.3. The lowest BCUT2D eigenvalue weighted by Crippen LogP contribution is -2.66. The van der Waals surface area contributed by atoms with Crippen LogP contribution in [0.4, 0.5) is 0 Å². The molecule has 8 heteroatoms. The lowest BCUT2D eigenvalue weighted by atomic mass is 9.86. The Morgan fingerprint density at radius 3 is 2.52 bits per heavy atom. The number of ether oxygens (including phenoxy) is 2. The Hall–Kier alpha value is -0.320. The molecule has 0 spiro atoms. The van der Waals surface area contributed by atoms with E-state index in [4.69, 9.17) is 20.9 Å². The van der Waals surface area contributed by atoms with E-state index in [0.717, 1.165) is 0 Å². The zero-order valence-electron chi connectivity index (χ0n) is 12.5. The quantitative estimate of drug-likeness (QED) is 0.329. The first kappa shape index (κ1) is 17.0. The van der Waals surface area contributed by atoms with Crippen molar-refractivity contribution in [2.75, 3.05) is 13.7 Å². The summed E-state index contributed by atoms with van der Waals surface area (Å²) in [4.78, 5) is 0. The highest BCUT2D eigenvalue weighted by atomic mass is 16.7. The van der Waals surface area contributed by atoms with Gasteiger partial charge in [0, 0.05) is 12.1 Å². The molecule has 2 unspecified atom stereocenters. The fraction of sp³-hybridized carbons (Fsp3) is 1.00. The van der Waals surface area contributed by atoms with Gasteiger partial charge in [-0.25, -0.2) is 0 Å². The van der Waals surface area contributed by atoms with E-state index < -0.39 is 42.3 Å². The fourth-order valence-corrected chi connectivity index (χ4v) is 3.22. The zero-order valence-corrected chi connectivity index (χ0v) is 12.5. The molecule has 1 saturated carbocycles. The Morgan fingerprint density at radius 2 is 1.95 bits per heavy atom. The normalized spacial score (nSPS) is 51.9. The van der Waals surface area contributed by atoms with Gasteiger partial charge in [0.2, 0.25) is 0 Å². The maximum Gasteiger partial charge on any atom is 0.185 e. The standard InChI is InChI=1S/C13H27N3O5/c1-13(19)5-20-12(9(18)11(13)16-2)21-10-7(15)3-6(14)4-8(10)17/h6-12,16-19H,3-5,14-15H2,1-2H3/t6-,7?,8-,9+,10-,11?,12+,13-/m0/s1. The molecular weight excluding hydrogens is 278 g/mol. The molecule has 0 aromatic carbocycles. The van der Waals surface area contributed by atoms with Crippen molar-refractivity contribution < 1.29 is 24.8 Å². The third-order valence-electron chi connectivity index (χ3n) is 4.35. The molecule has 21 heavy (non-hydrogen) atoms. The minimum absolute atomic E-state index is 0.0117. The molecule has 0 bridgehead atoms. The second kappa shape index (κ2) is 6.43. The van der Waals surface area contributed by atoms with E-state index in [-0.39, 0.29) is 12.6 Å². The minimum atomic E-state index is -1.20. The lowest BCUT2D eigenvalue weighted by molar-refractivity contribution is -0.291. The van der Waals surface area contributed by atoms with Gasteiger partial charge in [0.25, 0.3) is 0 Å². The predicted molar refractivity (Wildman–Crippen MR) is 75.3 cm³/mol. The second-order valence-corrected chi connectivity index (χ2v) is 6.36. The molecule has 8 N–H and O–H groups in total. The van der Waals surface area contributed by atoms with Gasteiger partial charge in [0.15, 0.2) is 6.29 Å². The molecule has 1 aliphatic carbocycles. The third kappa shape index (κ3) is 3.54. The average Bonchev–Trinajstić information content (AvgIpc) is 2.36. The Kier molecular flexibility index (Phi) is 5.22. The topological polar surface area (TPSA) is 143 Å². The number of hydrogen-bond acceptors (Lipinski definition) is 8. The van der Waals surface area contributed by atoms with Crippen LogP contribution in [0.25, 0.3) is 0 Å². The van der Waals surface area contributed by atoms with Crippen LogP contribution >= 0.6 is 0 Å². The van der Waals surface area contributed by atoms with Crippen molar-refractivity contribution in [3.8, 4) is 0 Å². The van der Waals surface area contributed by atoms with E-state index in [0.29, 0.717) is 12.8 Å². The summed E-state index contributed by atoms with van der Waals surface area (Å²) in [6, 6.07) is -1.18. The van der Waals surface area contributed by atoms with E-state index in [9.17, 15) is 15.3 Å². The van der Waals surface area contributed by atoms with Crippen LogP contribution in [0.3, 0.4) is 0 Å². The Morgan fingerprint density at radius 1 is 1.29 bits per heavy atom. The van der Waals surface area contributed by atoms with Gasteiger partial charge in [0.1, 0.15) is 17.8 Å². The summed E-state index contributed by atoms with van der Waals surface area (Å²) in [6.07, 6.45) is -2.54. The van der Waals surface area contributed by atoms with Crippen molar-refractivity contribution >= 4 is 0 Å². The Bertz CT molecular complexity index is 345. The first-order valence-corrected chi connectivity index (χ1v) is 7.30. The highest BCUT2D eigenvalue weighted by Gasteiger charge is 2.48. The maximum absolute atomic E-state index is 10.3. The molecular formula is C13H27N3O5. The molecule has 0 amide bonds. The summed E-state index contributed by atoms with van der Waals surface area (Å²) >= 11 is 0. The van der Waals surface area contributed by atoms with E-state index in [1.54, 1.807) is 14.0 Å². The van der Waals surface area contributed by atoms with Crippen molar-refractivity contribution in [3.05, 3.63) is 0 Å². The average molecular weight is 305 g/mol. The predicted octanol–water partition coefficient (Wildman–Crippen LogP) is -2.76. The molecule has 2 aliphatic rings. The molecule has 2 rings (SSSR count). The molecule has 8 atom stereocenters. The summed E-state index contributed by atoms with van der Waals surface area (Å²) < 4.78 is 11.1. The van der Waals surface area contributed by atoms with Gasteiger partial charge in [-0.3, -0.25) is 0 Å². The number of nitrogens with one attached hydrogen (secondary N) is 1. The molecule has 0 aromatic heterocycles. The van der Waals surface area contributed by atoms with Crippen molar-refractivity contribution in [2.24, 2.45) is 11.5 Å². The van der Waals surface area contributed by atoms with E-state index in [1.807, 2.05) is 0 Å². The van der Waals surface area contributed by atoms with Crippen LogP contribution in [0, 0.1) is 0 Å². The molecule has 124 valence electrons. The van der Waals surface area contributed by atoms with Crippen LogP contribution in [0.1, 0.15) is 19.8 Å². The van der Waals surface area contributed by atoms with E-state index in [1.165, 1.54) is 0 Å². The van der Waals surface area contributed by atoms with Gasteiger partial charge in [0.05, 0.1) is 18.8 Å². The summed E-state index contributed by atoms with van der Waals surface area (Å²) in [6.45, 7) is 1.59. The summed E-state index contributed by atoms with van der Waals surface area (Å²) in [5.74, 6) is 0. The smallest absolute Gasteiger partial charge is 0.185 e.